The first-order valence-electron chi connectivity index (χ1n) is 7.39. The lowest BCUT2D eigenvalue weighted by Gasteiger charge is -2.08. The number of nitrogens with two attached hydrogens (primary N) is 1. The number of thioether (sulfide) groups is 1. The summed E-state index contributed by atoms with van der Waals surface area (Å²) < 4.78 is 4.85. The summed E-state index contributed by atoms with van der Waals surface area (Å²) >= 11 is 7.17. The van der Waals surface area contributed by atoms with Crippen molar-refractivity contribution < 1.29 is 14.3 Å². The number of nitrogen functional groups attached to an aromatic ring is 1. The van der Waals surface area contributed by atoms with E-state index >= 15 is 0 Å². The standard InChI is InChI=1S/C16H17ClN4O3S/c1-3-24-15(23)10-7-19-16(21-14(10)18)25-8-13(22)20-12-5-4-9(2)6-11(12)17/h4-7H,3,8H2,1-2H3,(H,20,22)(H2,18,19,21). The van der Waals surface area contributed by atoms with Crippen LogP contribution < -0.4 is 11.1 Å². The van der Waals surface area contributed by atoms with E-state index in [9.17, 15) is 9.59 Å². The van der Waals surface area contributed by atoms with Crippen LogP contribution in [0.2, 0.25) is 5.02 Å². The highest BCUT2D eigenvalue weighted by Gasteiger charge is 2.14. The summed E-state index contributed by atoms with van der Waals surface area (Å²) in [6, 6.07) is 5.36. The number of benzene rings is 1. The third-order valence-corrected chi connectivity index (χ3v) is 4.20. The number of aromatic nitrogens is 2. The van der Waals surface area contributed by atoms with Crippen molar-refractivity contribution in [3.63, 3.8) is 0 Å². The molecule has 0 aliphatic carbocycles. The molecule has 2 rings (SSSR count). The highest BCUT2D eigenvalue weighted by molar-refractivity contribution is 7.99. The van der Waals surface area contributed by atoms with Crippen LogP contribution in [0, 0.1) is 6.92 Å². The Balaban J connectivity index is 1.95. The van der Waals surface area contributed by atoms with Crippen molar-refractivity contribution in [3.05, 3.63) is 40.5 Å². The summed E-state index contributed by atoms with van der Waals surface area (Å²) in [5.74, 6) is -0.754. The smallest absolute Gasteiger partial charge is 0.343 e. The molecule has 0 spiro atoms. The molecule has 0 saturated heterocycles. The number of aryl methyl sites for hydroxylation is 1. The maximum absolute atomic E-state index is 12.0. The zero-order valence-corrected chi connectivity index (χ0v) is 15.3. The Hall–Kier alpha value is -2.32. The fourth-order valence-corrected chi connectivity index (χ4v) is 2.76. The Morgan fingerprint density at radius 2 is 2.16 bits per heavy atom. The third kappa shape index (κ3) is 5.33. The number of anilines is 2. The number of nitrogens with zero attached hydrogens (tertiary/aromatic N) is 2. The first kappa shape index (κ1) is 19.0. The van der Waals surface area contributed by atoms with Crippen LogP contribution in [0.15, 0.2) is 29.6 Å². The third-order valence-electron chi connectivity index (χ3n) is 3.02. The molecular weight excluding hydrogens is 364 g/mol. The van der Waals surface area contributed by atoms with Crippen LogP contribution in [-0.4, -0.2) is 34.2 Å². The molecule has 2 aromatic rings. The van der Waals surface area contributed by atoms with Gasteiger partial charge in [0, 0.05) is 6.20 Å². The minimum atomic E-state index is -0.580. The van der Waals surface area contributed by atoms with Gasteiger partial charge in [-0.2, -0.15) is 0 Å². The van der Waals surface area contributed by atoms with Crippen LogP contribution in [0.4, 0.5) is 11.5 Å². The Kier molecular flexibility index (Phi) is 6.60. The lowest BCUT2D eigenvalue weighted by molar-refractivity contribution is -0.113. The van der Waals surface area contributed by atoms with Gasteiger partial charge in [0.05, 0.1) is 23.1 Å². The van der Waals surface area contributed by atoms with Gasteiger partial charge >= 0.3 is 5.97 Å². The lowest BCUT2D eigenvalue weighted by atomic mass is 10.2. The fraction of sp³-hybridized carbons (Fsp3) is 0.250. The molecule has 0 fully saturated rings. The molecule has 0 aliphatic heterocycles. The summed E-state index contributed by atoms with van der Waals surface area (Å²) in [6.45, 7) is 3.84. The van der Waals surface area contributed by atoms with Gasteiger partial charge in [0.2, 0.25) is 5.91 Å². The number of esters is 1. The first-order chi connectivity index (χ1) is 11.9. The van der Waals surface area contributed by atoms with E-state index in [0.29, 0.717) is 10.7 Å². The number of hydrogen-bond donors (Lipinski definition) is 2. The maximum Gasteiger partial charge on any atom is 0.343 e. The maximum atomic E-state index is 12.0. The number of nitrogens with one attached hydrogen (secondary N) is 1. The Bertz CT molecular complexity index is 801. The minimum Gasteiger partial charge on any atom is -0.462 e. The predicted molar refractivity (Wildman–Crippen MR) is 97.9 cm³/mol. The molecule has 0 radical (unpaired) electrons. The molecule has 9 heteroatoms. The largest absolute Gasteiger partial charge is 0.462 e. The molecule has 3 N–H and O–H groups in total. The quantitative estimate of drug-likeness (QED) is 0.450. The second-order valence-electron chi connectivity index (χ2n) is 4.99. The molecule has 0 bridgehead atoms. The van der Waals surface area contributed by atoms with Crippen LogP contribution in [0.25, 0.3) is 0 Å². The monoisotopic (exact) mass is 380 g/mol. The highest BCUT2D eigenvalue weighted by atomic mass is 35.5. The molecule has 1 amide bonds. The number of carbonyl (C=O) groups is 2. The van der Waals surface area contributed by atoms with E-state index < -0.39 is 5.97 Å². The summed E-state index contributed by atoms with van der Waals surface area (Å²) in [5.41, 5.74) is 7.37. The van der Waals surface area contributed by atoms with Gasteiger partial charge in [-0.1, -0.05) is 29.4 Å². The number of carbonyl (C=O) groups excluding carboxylic acids is 2. The molecule has 7 nitrogen and oxygen atoms in total. The molecular formula is C16H17ClN4O3S. The Morgan fingerprint density at radius 3 is 2.80 bits per heavy atom. The lowest BCUT2D eigenvalue weighted by Crippen LogP contribution is -2.15. The minimum absolute atomic E-state index is 0.0120. The van der Waals surface area contributed by atoms with E-state index in [-0.39, 0.29) is 34.8 Å². The second kappa shape index (κ2) is 8.68. The molecule has 0 aliphatic rings. The van der Waals surface area contributed by atoms with Gasteiger partial charge in [0.15, 0.2) is 5.16 Å². The van der Waals surface area contributed by atoms with Crippen molar-refractivity contribution in [2.24, 2.45) is 0 Å². The van der Waals surface area contributed by atoms with Gasteiger partial charge in [-0.15, -0.1) is 0 Å². The average Bonchev–Trinajstić information content (AvgIpc) is 2.56. The van der Waals surface area contributed by atoms with Gasteiger partial charge in [-0.05, 0) is 31.5 Å². The molecule has 25 heavy (non-hydrogen) atoms. The van der Waals surface area contributed by atoms with Gasteiger partial charge in [-0.25, -0.2) is 14.8 Å². The molecule has 1 aromatic heterocycles. The van der Waals surface area contributed by atoms with Crippen LogP contribution >= 0.6 is 23.4 Å². The number of hydrogen-bond acceptors (Lipinski definition) is 7. The Morgan fingerprint density at radius 1 is 1.40 bits per heavy atom. The summed E-state index contributed by atoms with van der Waals surface area (Å²) in [6.07, 6.45) is 1.29. The van der Waals surface area contributed by atoms with E-state index in [1.807, 2.05) is 13.0 Å². The Labute approximate surface area is 154 Å². The van der Waals surface area contributed by atoms with Crippen LogP contribution in [0.1, 0.15) is 22.8 Å². The highest BCUT2D eigenvalue weighted by Crippen LogP contribution is 2.23. The fourth-order valence-electron chi connectivity index (χ4n) is 1.85. The molecule has 1 aromatic carbocycles. The van der Waals surface area contributed by atoms with E-state index in [1.165, 1.54) is 6.20 Å². The van der Waals surface area contributed by atoms with E-state index in [2.05, 4.69) is 15.3 Å². The van der Waals surface area contributed by atoms with Crippen molar-refractivity contribution in [1.29, 1.82) is 0 Å². The first-order valence-corrected chi connectivity index (χ1v) is 8.75. The number of amides is 1. The number of rotatable bonds is 6. The van der Waals surface area contributed by atoms with Gasteiger partial charge < -0.3 is 15.8 Å². The van der Waals surface area contributed by atoms with Crippen molar-refractivity contribution in [2.45, 2.75) is 19.0 Å². The van der Waals surface area contributed by atoms with Crippen molar-refractivity contribution in [2.75, 3.05) is 23.4 Å². The number of ether oxygens (including phenoxy) is 1. The summed E-state index contributed by atoms with van der Waals surface area (Å²) in [4.78, 5) is 31.7. The number of halogens is 1. The molecule has 0 saturated carbocycles. The topological polar surface area (TPSA) is 107 Å². The summed E-state index contributed by atoms with van der Waals surface area (Å²) in [7, 11) is 0. The van der Waals surface area contributed by atoms with E-state index in [0.717, 1.165) is 17.3 Å². The van der Waals surface area contributed by atoms with Crippen LogP contribution in [-0.2, 0) is 9.53 Å². The molecule has 0 atom stereocenters. The zero-order valence-electron chi connectivity index (χ0n) is 13.7. The van der Waals surface area contributed by atoms with Gasteiger partial charge in [-0.3, -0.25) is 4.79 Å². The van der Waals surface area contributed by atoms with Gasteiger partial charge in [0.25, 0.3) is 0 Å². The molecule has 132 valence electrons. The van der Waals surface area contributed by atoms with E-state index in [1.54, 1.807) is 19.1 Å². The predicted octanol–water partition coefficient (Wildman–Crippen LogP) is 2.93. The average molecular weight is 381 g/mol. The van der Waals surface area contributed by atoms with Gasteiger partial charge in [0.1, 0.15) is 11.4 Å². The molecule has 1 heterocycles. The van der Waals surface area contributed by atoms with Crippen molar-refractivity contribution in [1.82, 2.24) is 9.97 Å². The normalized spacial score (nSPS) is 10.4. The van der Waals surface area contributed by atoms with E-state index in [4.69, 9.17) is 22.1 Å². The van der Waals surface area contributed by atoms with Crippen molar-refractivity contribution >= 4 is 46.7 Å². The SMILES string of the molecule is CCOC(=O)c1cnc(SCC(=O)Nc2ccc(C)cc2Cl)nc1N. The van der Waals surface area contributed by atoms with Crippen LogP contribution in [0.3, 0.4) is 0 Å². The second-order valence-corrected chi connectivity index (χ2v) is 6.34. The van der Waals surface area contributed by atoms with Crippen molar-refractivity contribution in [3.8, 4) is 0 Å². The summed E-state index contributed by atoms with van der Waals surface area (Å²) in [5, 5.41) is 3.47. The zero-order chi connectivity index (χ0) is 18.4. The molecule has 0 unspecified atom stereocenters. The van der Waals surface area contributed by atoms with Crippen LogP contribution in [0.5, 0.6) is 0 Å².